The van der Waals surface area contributed by atoms with Gasteiger partial charge < -0.3 is 12.9 Å². The molecule has 0 unspecified atom stereocenters. The van der Waals surface area contributed by atoms with Crippen LogP contribution < -0.4 is 0 Å². The summed E-state index contributed by atoms with van der Waals surface area (Å²) in [5.74, 6) is 0. The van der Waals surface area contributed by atoms with E-state index in [1.807, 2.05) is 0 Å². The molecule has 0 amide bonds. The Labute approximate surface area is 88.3 Å². The Kier molecular flexibility index (Phi) is 3.26. The molecule has 0 aromatic heterocycles. The van der Waals surface area contributed by atoms with Crippen molar-refractivity contribution in [1.29, 1.82) is 0 Å². The molecule has 0 bridgehead atoms. The second-order valence-corrected chi connectivity index (χ2v) is 3.50. The lowest BCUT2D eigenvalue weighted by molar-refractivity contribution is -0.138. The molecule has 0 heterocycles. The predicted molar refractivity (Wildman–Crippen MR) is 49.0 cm³/mol. The molecule has 90 valence electrons. The molecule has 0 nitrogen and oxygen atoms in total. The first-order valence-electron chi connectivity index (χ1n) is 4.48. The topological polar surface area (TPSA) is 0 Å². The summed E-state index contributed by atoms with van der Waals surface area (Å²) in [7, 11) is 0. The van der Waals surface area contributed by atoms with Crippen LogP contribution in [0.15, 0.2) is 18.2 Å². The quantitative estimate of drug-likeness (QED) is 0.543. The fourth-order valence-electron chi connectivity index (χ4n) is 1.46. The van der Waals surface area contributed by atoms with Gasteiger partial charge in [-0.05, 0) is 18.6 Å². The van der Waals surface area contributed by atoms with Gasteiger partial charge in [-0.1, -0.05) is 24.0 Å². The van der Waals surface area contributed by atoms with Crippen molar-refractivity contribution in [3.05, 3.63) is 34.9 Å². The molecule has 0 atom stereocenters. The molecular formula is C9H8BF6-. The van der Waals surface area contributed by atoms with E-state index in [0.29, 0.717) is 0 Å². The Morgan fingerprint density at radius 1 is 1.12 bits per heavy atom. The lowest BCUT2D eigenvalue weighted by Gasteiger charge is -2.18. The summed E-state index contributed by atoms with van der Waals surface area (Å²) in [6, 6.07) is 2.84. The number of alkyl halides is 3. The van der Waals surface area contributed by atoms with Crippen LogP contribution in [0, 0.1) is 6.92 Å². The third-order valence-electron chi connectivity index (χ3n) is 2.20. The third-order valence-corrected chi connectivity index (χ3v) is 2.20. The van der Waals surface area contributed by atoms with E-state index in [4.69, 9.17) is 0 Å². The zero-order valence-electron chi connectivity index (χ0n) is 8.28. The van der Waals surface area contributed by atoms with Gasteiger partial charge in [0.25, 0.3) is 0 Å². The summed E-state index contributed by atoms with van der Waals surface area (Å²) in [5.41, 5.74) is -1.68. The number of hydrogen-bond donors (Lipinski definition) is 0. The minimum absolute atomic E-state index is 0.317. The molecule has 0 saturated heterocycles. The standard InChI is InChI=1S/C9H8BF6/c1-6-7(5-10(14,15)16)3-2-4-8(6)9(11,12)13/h2-4H,5H2,1H3/q-1. The highest BCUT2D eigenvalue weighted by atomic mass is 19.4. The summed E-state index contributed by atoms with van der Waals surface area (Å²) >= 11 is 0. The van der Waals surface area contributed by atoms with Gasteiger partial charge in [-0.15, -0.1) is 0 Å². The van der Waals surface area contributed by atoms with Crippen molar-refractivity contribution in [3.8, 4) is 0 Å². The highest BCUT2D eigenvalue weighted by Crippen LogP contribution is 2.33. The molecule has 7 heteroatoms. The van der Waals surface area contributed by atoms with Gasteiger partial charge in [0.1, 0.15) is 0 Å². The maximum atomic E-state index is 12.4. The normalized spacial score (nSPS) is 12.9. The van der Waals surface area contributed by atoms with E-state index < -0.39 is 25.0 Å². The maximum Gasteiger partial charge on any atom is 0.482 e. The van der Waals surface area contributed by atoms with Crippen LogP contribution in [-0.4, -0.2) is 6.98 Å². The van der Waals surface area contributed by atoms with Crippen LogP contribution in [0.1, 0.15) is 16.7 Å². The Morgan fingerprint density at radius 2 is 1.69 bits per heavy atom. The Hall–Kier alpha value is -1.14. The fourth-order valence-corrected chi connectivity index (χ4v) is 1.46. The average Bonchev–Trinajstić information content (AvgIpc) is 2.04. The van der Waals surface area contributed by atoms with E-state index >= 15 is 0 Å². The second-order valence-electron chi connectivity index (χ2n) is 3.50. The fraction of sp³-hybridized carbons (Fsp3) is 0.333. The Bertz CT molecular complexity index is 379. The first-order valence-corrected chi connectivity index (χ1v) is 4.48. The smallest absolute Gasteiger partial charge is 0.449 e. The molecule has 0 spiro atoms. The van der Waals surface area contributed by atoms with Crippen molar-refractivity contribution < 1.29 is 26.1 Å². The average molecular weight is 241 g/mol. The van der Waals surface area contributed by atoms with E-state index in [2.05, 4.69) is 0 Å². The highest BCUT2D eigenvalue weighted by molar-refractivity contribution is 6.57. The molecular weight excluding hydrogens is 233 g/mol. The summed E-state index contributed by atoms with van der Waals surface area (Å²) in [6.07, 6.45) is -5.89. The van der Waals surface area contributed by atoms with E-state index in [1.165, 1.54) is 0 Å². The Balaban J connectivity index is 3.15. The SMILES string of the molecule is Cc1c(C[B-](F)(F)F)cccc1C(F)(F)F. The van der Waals surface area contributed by atoms with Crippen LogP contribution in [0.5, 0.6) is 0 Å². The third kappa shape index (κ3) is 3.18. The van der Waals surface area contributed by atoms with Crippen molar-refractivity contribution in [1.82, 2.24) is 0 Å². The maximum absolute atomic E-state index is 12.4. The minimum atomic E-state index is -5.12. The summed E-state index contributed by atoms with van der Waals surface area (Å²) < 4.78 is 73.5. The van der Waals surface area contributed by atoms with Crippen LogP contribution in [-0.2, 0) is 12.5 Å². The van der Waals surface area contributed by atoms with Gasteiger partial charge in [0.05, 0.1) is 5.56 Å². The van der Waals surface area contributed by atoms with Gasteiger partial charge >= 0.3 is 13.2 Å². The van der Waals surface area contributed by atoms with Gasteiger partial charge in [-0.25, -0.2) is 0 Å². The van der Waals surface area contributed by atoms with Gasteiger partial charge in [0.2, 0.25) is 0 Å². The zero-order valence-corrected chi connectivity index (χ0v) is 8.28. The second kappa shape index (κ2) is 4.03. The molecule has 1 rings (SSSR count). The minimum Gasteiger partial charge on any atom is -0.449 e. The largest absolute Gasteiger partial charge is 0.482 e. The summed E-state index contributed by atoms with van der Waals surface area (Å²) in [5, 5.41) is 0. The zero-order chi connectivity index (χ0) is 12.6. The van der Waals surface area contributed by atoms with Gasteiger partial charge in [0.15, 0.2) is 0 Å². The van der Waals surface area contributed by atoms with Crippen molar-refractivity contribution in [3.63, 3.8) is 0 Å². The monoisotopic (exact) mass is 241 g/mol. The summed E-state index contributed by atoms with van der Waals surface area (Å²) in [4.78, 5) is 0. The van der Waals surface area contributed by atoms with Crippen LogP contribution in [0.2, 0.25) is 0 Å². The molecule has 0 aliphatic heterocycles. The number of benzene rings is 1. The molecule has 0 saturated carbocycles. The van der Waals surface area contributed by atoms with Crippen LogP contribution in [0.3, 0.4) is 0 Å². The lowest BCUT2D eigenvalue weighted by atomic mass is 9.79. The first-order chi connectivity index (χ1) is 7.11. The van der Waals surface area contributed by atoms with Crippen LogP contribution in [0.4, 0.5) is 26.1 Å². The molecule has 1 aromatic rings. The molecule has 0 fully saturated rings. The molecule has 0 aliphatic carbocycles. The number of rotatable bonds is 2. The molecule has 16 heavy (non-hydrogen) atoms. The van der Waals surface area contributed by atoms with Crippen molar-refractivity contribution >= 4 is 6.98 Å². The lowest BCUT2D eigenvalue weighted by Crippen LogP contribution is -2.21. The highest BCUT2D eigenvalue weighted by Gasteiger charge is 2.33. The van der Waals surface area contributed by atoms with E-state index in [0.717, 1.165) is 25.1 Å². The van der Waals surface area contributed by atoms with Crippen molar-refractivity contribution in [2.75, 3.05) is 0 Å². The molecule has 1 aromatic carbocycles. The van der Waals surface area contributed by atoms with E-state index in [1.54, 1.807) is 0 Å². The predicted octanol–water partition coefficient (Wildman–Crippen LogP) is 3.94. The first kappa shape index (κ1) is 12.9. The summed E-state index contributed by atoms with van der Waals surface area (Å²) in [6.45, 7) is -4.07. The Morgan fingerprint density at radius 3 is 2.12 bits per heavy atom. The van der Waals surface area contributed by atoms with Gasteiger partial charge in [0, 0.05) is 0 Å². The number of halogens is 6. The van der Waals surface area contributed by atoms with Crippen molar-refractivity contribution in [2.24, 2.45) is 0 Å². The van der Waals surface area contributed by atoms with Crippen LogP contribution in [0.25, 0.3) is 0 Å². The van der Waals surface area contributed by atoms with E-state index in [-0.39, 0.29) is 11.1 Å². The van der Waals surface area contributed by atoms with Crippen LogP contribution >= 0.6 is 0 Å². The molecule has 0 N–H and O–H groups in total. The van der Waals surface area contributed by atoms with Gasteiger partial charge in [-0.2, -0.15) is 13.2 Å². The van der Waals surface area contributed by atoms with E-state index in [9.17, 15) is 26.1 Å². The molecule has 0 radical (unpaired) electrons. The van der Waals surface area contributed by atoms with Gasteiger partial charge in [-0.3, -0.25) is 0 Å². The van der Waals surface area contributed by atoms with Crippen molar-refractivity contribution in [2.45, 2.75) is 19.4 Å². The number of hydrogen-bond acceptors (Lipinski definition) is 0. The molecule has 0 aliphatic rings.